The molecule has 34 heavy (non-hydrogen) atoms. The van der Waals surface area contributed by atoms with Crippen molar-refractivity contribution in [2.75, 3.05) is 25.5 Å². The maximum atomic E-state index is 13.1. The third-order valence-electron chi connectivity index (χ3n) is 5.88. The molecule has 1 heterocycles. The second-order valence-corrected chi connectivity index (χ2v) is 10.1. The van der Waals surface area contributed by atoms with Gasteiger partial charge in [0, 0.05) is 29.9 Å². The first-order valence-corrected chi connectivity index (χ1v) is 12.5. The fourth-order valence-electron chi connectivity index (χ4n) is 4.01. The highest BCUT2D eigenvalue weighted by molar-refractivity contribution is 7.89. The van der Waals surface area contributed by atoms with Crippen molar-refractivity contribution in [1.82, 2.24) is 4.31 Å². The lowest BCUT2D eigenvalue weighted by atomic mass is 9.98. The molecular formula is C26H26N2O5S. The van der Waals surface area contributed by atoms with Gasteiger partial charge in [-0.25, -0.2) is 8.42 Å². The Morgan fingerprint density at radius 2 is 1.65 bits per heavy atom. The van der Waals surface area contributed by atoms with Gasteiger partial charge in [-0.2, -0.15) is 4.31 Å². The molecule has 1 N–H and O–H groups in total. The van der Waals surface area contributed by atoms with E-state index in [4.69, 9.17) is 4.74 Å². The number of amides is 1. The number of hydrogen-bond donors (Lipinski definition) is 1. The van der Waals surface area contributed by atoms with Crippen LogP contribution in [-0.4, -0.2) is 44.6 Å². The number of carbonyl (C=O) groups is 2. The number of carbonyl (C=O) groups excluding carboxylic acids is 2. The zero-order valence-electron chi connectivity index (χ0n) is 18.8. The van der Waals surface area contributed by atoms with Crippen LogP contribution >= 0.6 is 0 Å². The summed E-state index contributed by atoms with van der Waals surface area (Å²) >= 11 is 0. The molecule has 0 aromatic heterocycles. The lowest BCUT2D eigenvalue weighted by molar-refractivity contribution is -0.120. The van der Waals surface area contributed by atoms with Crippen LogP contribution in [0.1, 0.15) is 28.8 Å². The molecule has 1 fully saturated rings. The average Bonchev–Trinajstić information content (AvgIpc) is 2.89. The van der Waals surface area contributed by atoms with E-state index in [9.17, 15) is 18.0 Å². The highest BCUT2D eigenvalue weighted by atomic mass is 32.2. The molecule has 1 aliphatic rings. The summed E-state index contributed by atoms with van der Waals surface area (Å²) in [7, 11) is -2.20. The van der Waals surface area contributed by atoms with Gasteiger partial charge in [-0.15, -0.1) is 0 Å². The molecule has 1 amide bonds. The molecule has 4 rings (SSSR count). The molecular weight excluding hydrogens is 452 g/mol. The number of benzene rings is 3. The van der Waals surface area contributed by atoms with Gasteiger partial charge in [-0.05, 0) is 49.2 Å². The quantitative estimate of drug-likeness (QED) is 0.519. The van der Waals surface area contributed by atoms with Crippen LogP contribution in [0.25, 0.3) is 0 Å². The molecule has 8 heteroatoms. The maximum absolute atomic E-state index is 13.1. The van der Waals surface area contributed by atoms with Crippen molar-refractivity contribution >= 4 is 27.4 Å². The molecule has 0 bridgehead atoms. The van der Waals surface area contributed by atoms with Gasteiger partial charge in [0.05, 0.1) is 17.9 Å². The van der Waals surface area contributed by atoms with Gasteiger partial charge in [-0.3, -0.25) is 9.59 Å². The van der Waals surface area contributed by atoms with Gasteiger partial charge in [0.1, 0.15) is 5.75 Å². The number of nitrogens with zero attached hydrogens (tertiary/aromatic N) is 1. The Bertz CT molecular complexity index is 1270. The Kier molecular flexibility index (Phi) is 7.09. The first kappa shape index (κ1) is 23.7. The molecule has 1 aliphatic heterocycles. The van der Waals surface area contributed by atoms with E-state index in [1.807, 2.05) is 6.07 Å². The minimum Gasteiger partial charge on any atom is -0.497 e. The molecule has 0 radical (unpaired) electrons. The van der Waals surface area contributed by atoms with Crippen molar-refractivity contribution in [3.63, 3.8) is 0 Å². The summed E-state index contributed by atoms with van der Waals surface area (Å²) < 4.78 is 32.6. The molecule has 0 saturated carbocycles. The molecule has 1 unspecified atom stereocenters. The Balaban J connectivity index is 1.45. The van der Waals surface area contributed by atoms with Crippen molar-refractivity contribution in [2.45, 2.75) is 17.7 Å². The van der Waals surface area contributed by atoms with Crippen LogP contribution in [0, 0.1) is 5.92 Å². The van der Waals surface area contributed by atoms with Crippen molar-refractivity contribution < 1.29 is 22.7 Å². The standard InChI is InChI=1S/C26H26N2O5S/c1-33-23-12-14-24(15-13-23)34(31,32)28-16-6-10-21(18-28)26(30)27-22-11-5-9-20(17-22)25(29)19-7-3-2-4-8-19/h2-5,7-9,11-15,17,21H,6,10,16,18H2,1H3,(H,27,30). The van der Waals surface area contributed by atoms with E-state index in [0.717, 1.165) is 0 Å². The van der Waals surface area contributed by atoms with Gasteiger partial charge in [0.25, 0.3) is 0 Å². The number of sulfonamides is 1. The number of piperidine rings is 1. The van der Waals surface area contributed by atoms with Gasteiger partial charge >= 0.3 is 0 Å². The number of nitrogens with one attached hydrogen (secondary N) is 1. The first-order chi connectivity index (χ1) is 16.4. The average molecular weight is 479 g/mol. The lowest BCUT2D eigenvalue weighted by Gasteiger charge is -2.31. The summed E-state index contributed by atoms with van der Waals surface area (Å²) in [6.07, 6.45) is 1.17. The number of hydrogen-bond acceptors (Lipinski definition) is 5. The van der Waals surface area contributed by atoms with E-state index in [2.05, 4.69) is 5.32 Å². The number of anilines is 1. The maximum Gasteiger partial charge on any atom is 0.243 e. The number of methoxy groups -OCH3 is 1. The van der Waals surface area contributed by atoms with Gasteiger partial charge in [-0.1, -0.05) is 42.5 Å². The third kappa shape index (κ3) is 5.18. The van der Waals surface area contributed by atoms with Gasteiger partial charge in [0.15, 0.2) is 5.78 Å². The molecule has 0 spiro atoms. The fraction of sp³-hybridized carbons (Fsp3) is 0.231. The predicted octanol–water partition coefficient (Wildman–Crippen LogP) is 3.97. The van der Waals surface area contributed by atoms with Crippen LogP contribution in [0.3, 0.4) is 0 Å². The van der Waals surface area contributed by atoms with E-state index in [1.165, 1.54) is 23.5 Å². The zero-order valence-corrected chi connectivity index (χ0v) is 19.6. The Morgan fingerprint density at radius 1 is 0.941 bits per heavy atom. The summed E-state index contributed by atoms with van der Waals surface area (Å²) in [5, 5.41) is 2.86. The fourth-order valence-corrected chi connectivity index (χ4v) is 5.53. The van der Waals surface area contributed by atoms with Crippen LogP contribution < -0.4 is 10.1 Å². The second kappa shape index (κ2) is 10.2. The van der Waals surface area contributed by atoms with E-state index >= 15 is 0 Å². The van der Waals surface area contributed by atoms with Crippen LogP contribution in [0.4, 0.5) is 5.69 Å². The summed E-state index contributed by atoms with van der Waals surface area (Å²) in [6, 6.07) is 21.9. The van der Waals surface area contributed by atoms with Crippen molar-refractivity contribution in [2.24, 2.45) is 5.92 Å². The Labute approximate surface area is 199 Å². The largest absolute Gasteiger partial charge is 0.497 e. The van der Waals surface area contributed by atoms with Gasteiger partial charge < -0.3 is 10.1 Å². The highest BCUT2D eigenvalue weighted by Gasteiger charge is 2.33. The van der Waals surface area contributed by atoms with E-state index in [0.29, 0.717) is 42.0 Å². The minimum atomic E-state index is -3.72. The van der Waals surface area contributed by atoms with E-state index in [-0.39, 0.29) is 23.1 Å². The number of ether oxygens (including phenoxy) is 1. The molecule has 3 aromatic carbocycles. The van der Waals surface area contributed by atoms with Crippen molar-refractivity contribution in [3.8, 4) is 5.75 Å². The van der Waals surface area contributed by atoms with Crippen LogP contribution in [0.5, 0.6) is 5.75 Å². The lowest BCUT2D eigenvalue weighted by Crippen LogP contribution is -2.43. The van der Waals surface area contributed by atoms with Crippen LogP contribution in [-0.2, 0) is 14.8 Å². The van der Waals surface area contributed by atoms with Crippen molar-refractivity contribution in [1.29, 1.82) is 0 Å². The second-order valence-electron chi connectivity index (χ2n) is 8.14. The van der Waals surface area contributed by atoms with Gasteiger partial charge in [0.2, 0.25) is 15.9 Å². The highest BCUT2D eigenvalue weighted by Crippen LogP contribution is 2.26. The molecule has 0 aliphatic carbocycles. The summed E-state index contributed by atoms with van der Waals surface area (Å²) in [5.74, 6) is -0.317. The predicted molar refractivity (Wildman–Crippen MR) is 129 cm³/mol. The van der Waals surface area contributed by atoms with Crippen molar-refractivity contribution in [3.05, 3.63) is 90.0 Å². The van der Waals surface area contributed by atoms with E-state index < -0.39 is 15.9 Å². The summed E-state index contributed by atoms with van der Waals surface area (Å²) in [4.78, 5) is 25.9. The molecule has 3 aromatic rings. The summed E-state index contributed by atoms with van der Waals surface area (Å²) in [6.45, 7) is 0.460. The first-order valence-electron chi connectivity index (χ1n) is 11.0. The molecule has 176 valence electrons. The molecule has 1 saturated heterocycles. The summed E-state index contributed by atoms with van der Waals surface area (Å²) in [5.41, 5.74) is 1.54. The Morgan fingerprint density at radius 3 is 2.35 bits per heavy atom. The SMILES string of the molecule is COc1ccc(S(=O)(=O)N2CCCC(C(=O)Nc3cccc(C(=O)c4ccccc4)c3)C2)cc1. The number of ketones is 1. The van der Waals surface area contributed by atoms with E-state index in [1.54, 1.807) is 60.7 Å². The Hall–Kier alpha value is -3.49. The van der Waals surface area contributed by atoms with Crippen LogP contribution in [0.2, 0.25) is 0 Å². The third-order valence-corrected chi connectivity index (χ3v) is 7.76. The smallest absolute Gasteiger partial charge is 0.243 e. The molecule has 7 nitrogen and oxygen atoms in total. The minimum absolute atomic E-state index is 0.100. The monoisotopic (exact) mass is 478 g/mol. The number of rotatable bonds is 7. The molecule has 1 atom stereocenters. The zero-order chi connectivity index (χ0) is 24.1. The normalized spacial score (nSPS) is 16.6. The van der Waals surface area contributed by atoms with Crippen LogP contribution in [0.15, 0.2) is 83.8 Å². The topological polar surface area (TPSA) is 92.8 Å².